The van der Waals surface area contributed by atoms with Crippen LogP contribution in [0.15, 0.2) is 0 Å². The van der Waals surface area contributed by atoms with E-state index >= 15 is 0 Å². The van der Waals surface area contributed by atoms with E-state index in [1.165, 1.54) is 115 Å². The van der Waals surface area contributed by atoms with Crippen molar-refractivity contribution in [2.24, 2.45) is 0 Å². The monoisotopic (exact) mass is 384 g/mol. The van der Waals surface area contributed by atoms with Gasteiger partial charge in [0.2, 0.25) is 0 Å². The Morgan fingerprint density at radius 2 is 0.962 bits per heavy atom. The third kappa shape index (κ3) is 17.6. The molecule has 0 bridgehead atoms. The van der Waals surface area contributed by atoms with Gasteiger partial charge in [-0.3, -0.25) is 0 Å². The maximum absolute atomic E-state index is 6.75. The van der Waals surface area contributed by atoms with Gasteiger partial charge in [-0.1, -0.05) is 117 Å². The van der Waals surface area contributed by atoms with E-state index < -0.39 is 8.32 Å². The number of hydrogen-bond acceptors (Lipinski definition) is 1. The number of rotatable bonds is 20. The molecule has 0 heterocycles. The number of hydrogen-bond donors (Lipinski definition) is 0. The zero-order chi connectivity index (χ0) is 19.5. The lowest BCUT2D eigenvalue weighted by molar-refractivity contribution is 0.163. The van der Waals surface area contributed by atoms with Gasteiger partial charge >= 0.3 is 0 Å². The predicted octanol–water partition coefficient (Wildman–Crippen LogP) is 9.27. The van der Waals surface area contributed by atoms with Crippen molar-refractivity contribution in [2.75, 3.05) is 0 Å². The molecule has 0 aromatic rings. The average Bonchev–Trinajstić information content (AvgIpc) is 2.61. The molecule has 0 spiro atoms. The van der Waals surface area contributed by atoms with E-state index in [0.29, 0.717) is 6.10 Å². The van der Waals surface area contributed by atoms with E-state index in [9.17, 15) is 0 Å². The summed E-state index contributed by atoms with van der Waals surface area (Å²) in [6.07, 6.45) is 24.1. The first-order valence-corrected chi connectivity index (χ1v) is 15.3. The van der Waals surface area contributed by atoms with Crippen LogP contribution in [0.3, 0.4) is 0 Å². The molecule has 0 aliphatic carbocycles. The lowest BCUT2D eigenvalue weighted by Crippen LogP contribution is -2.35. The molecule has 1 unspecified atom stereocenters. The Labute approximate surface area is 168 Å². The smallest absolute Gasteiger partial charge is 0.187 e. The summed E-state index contributed by atoms with van der Waals surface area (Å²) in [7, 11) is -1.47. The highest BCUT2D eigenvalue weighted by Gasteiger charge is 2.25. The molecule has 0 aromatic carbocycles. The molecule has 1 atom stereocenters. The van der Waals surface area contributed by atoms with E-state index in [4.69, 9.17) is 4.43 Å². The lowest BCUT2D eigenvalue weighted by Gasteiger charge is -2.30. The van der Waals surface area contributed by atoms with Crippen molar-refractivity contribution in [3.05, 3.63) is 0 Å². The minimum atomic E-state index is -1.47. The Morgan fingerprint density at radius 1 is 0.538 bits per heavy atom. The molecule has 0 amide bonds. The van der Waals surface area contributed by atoms with Crippen molar-refractivity contribution in [2.45, 2.75) is 155 Å². The summed E-state index contributed by atoms with van der Waals surface area (Å²) in [5.41, 5.74) is 0. The van der Waals surface area contributed by atoms with Crippen molar-refractivity contribution in [3.63, 3.8) is 0 Å². The molecule has 26 heavy (non-hydrogen) atoms. The first-order valence-electron chi connectivity index (χ1n) is 12.2. The highest BCUT2D eigenvalue weighted by atomic mass is 28.4. The van der Waals surface area contributed by atoms with Gasteiger partial charge in [-0.25, -0.2) is 0 Å². The maximum atomic E-state index is 6.75. The van der Waals surface area contributed by atoms with Crippen LogP contribution < -0.4 is 0 Å². The quantitative estimate of drug-likeness (QED) is 0.150. The fraction of sp³-hybridized carbons (Fsp3) is 1.00. The molecule has 0 rings (SSSR count). The standard InChI is InChI=1S/C24H52OSi/c1-6-9-12-14-16-17-19-22-24(21-11-8-3)25-26(4,5)23-20-18-15-13-10-7-2/h24H,6-23H2,1-5H3. The van der Waals surface area contributed by atoms with Gasteiger partial charge in [-0.2, -0.15) is 0 Å². The van der Waals surface area contributed by atoms with E-state index in [1.807, 2.05) is 0 Å². The summed E-state index contributed by atoms with van der Waals surface area (Å²) in [4.78, 5) is 0. The second kappa shape index (κ2) is 18.5. The van der Waals surface area contributed by atoms with Crippen LogP contribution in [-0.4, -0.2) is 14.4 Å². The molecular weight excluding hydrogens is 332 g/mol. The summed E-state index contributed by atoms with van der Waals surface area (Å²) < 4.78 is 6.75. The zero-order valence-corrected chi connectivity index (χ0v) is 20.2. The van der Waals surface area contributed by atoms with Crippen LogP contribution in [-0.2, 0) is 4.43 Å². The van der Waals surface area contributed by atoms with Crippen molar-refractivity contribution < 1.29 is 4.43 Å². The van der Waals surface area contributed by atoms with Gasteiger partial charge in [0.15, 0.2) is 8.32 Å². The van der Waals surface area contributed by atoms with E-state index in [0.717, 1.165) is 0 Å². The second-order valence-electron chi connectivity index (χ2n) is 9.07. The van der Waals surface area contributed by atoms with Gasteiger partial charge in [0, 0.05) is 6.10 Å². The summed E-state index contributed by atoms with van der Waals surface area (Å²) in [5, 5.41) is 0. The Hall–Kier alpha value is 0.177. The van der Waals surface area contributed by atoms with Gasteiger partial charge in [0.25, 0.3) is 0 Å². The van der Waals surface area contributed by atoms with Crippen molar-refractivity contribution >= 4 is 8.32 Å². The lowest BCUT2D eigenvalue weighted by atomic mass is 10.0. The zero-order valence-electron chi connectivity index (χ0n) is 19.2. The largest absolute Gasteiger partial charge is 0.414 e. The molecule has 0 saturated heterocycles. The molecule has 2 heteroatoms. The Morgan fingerprint density at radius 3 is 1.50 bits per heavy atom. The third-order valence-electron chi connectivity index (χ3n) is 5.63. The maximum Gasteiger partial charge on any atom is 0.187 e. The number of unbranched alkanes of at least 4 members (excludes halogenated alkanes) is 12. The van der Waals surface area contributed by atoms with Crippen molar-refractivity contribution in [3.8, 4) is 0 Å². The van der Waals surface area contributed by atoms with Crippen LogP contribution >= 0.6 is 0 Å². The van der Waals surface area contributed by atoms with Crippen LogP contribution in [0.5, 0.6) is 0 Å². The fourth-order valence-electron chi connectivity index (χ4n) is 3.86. The van der Waals surface area contributed by atoms with Crippen LogP contribution in [0.2, 0.25) is 19.1 Å². The molecule has 0 radical (unpaired) electrons. The van der Waals surface area contributed by atoms with Gasteiger partial charge in [0.05, 0.1) is 0 Å². The minimum absolute atomic E-state index is 0.548. The third-order valence-corrected chi connectivity index (χ3v) is 8.16. The normalized spacial score (nSPS) is 13.3. The van der Waals surface area contributed by atoms with Crippen LogP contribution in [0, 0.1) is 0 Å². The highest BCUT2D eigenvalue weighted by molar-refractivity contribution is 6.71. The molecule has 0 aromatic heterocycles. The van der Waals surface area contributed by atoms with Gasteiger partial charge in [-0.15, -0.1) is 0 Å². The molecule has 0 saturated carbocycles. The molecular formula is C24H52OSi. The molecule has 0 N–H and O–H groups in total. The average molecular weight is 385 g/mol. The van der Waals surface area contributed by atoms with Crippen molar-refractivity contribution in [1.82, 2.24) is 0 Å². The minimum Gasteiger partial charge on any atom is -0.414 e. The summed E-state index contributed by atoms with van der Waals surface area (Å²) in [6.45, 7) is 11.8. The first kappa shape index (κ1) is 26.2. The Balaban J connectivity index is 3.99. The first-order chi connectivity index (χ1) is 12.6. The Bertz CT molecular complexity index is 277. The van der Waals surface area contributed by atoms with Gasteiger partial charge in [-0.05, 0) is 32.0 Å². The summed E-state index contributed by atoms with van der Waals surface area (Å²) >= 11 is 0. The summed E-state index contributed by atoms with van der Waals surface area (Å²) in [6, 6.07) is 1.36. The van der Waals surface area contributed by atoms with E-state index in [1.54, 1.807) is 0 Å². The van der Waals surface area contributed by atoms with Crippen LogP contribution in [0.25, 0.3) is 0 Å². The summed E-state index contributed by atoms with van der Waals surface area (Å²) in [5.74, 6) is 0. The molecule has 0 fully saturated rings. The Kier molecular flexibility index (Phi) is 18.7. The fourth-order valence-corrected chi connectivity index (χ4v) is 6.22. The van der Waals surface area contributed by atoms with Gasteiger partial charge in [0.1, 0.15) is 0 Å². The SMILES string of the molecule is CCCCCCCCCC(CCCC)O[Si](C)(C)CCCCCCCC. The topological polar surface area (TPSA) is 9.23 Å². The van der Waals surface area contributed by atoms with Gasteiger partial charge < -0.3 is 4.43 Å². The van der Waals surface area contributed by atoms with Crippen LogP contribution in [0.4, 0.5) is 0 Å². The molecule has 0 aliphatic heterocycles. The molecule has 158 valence electrons. The van der Waals surface area contributed by atoms with Crippen LogP contribution in [0.1, 0.15) is 130 Å². The van der Waals surface area contributed by atoms with Crippen molar-refractivity contribution in [1.29, 1.82) is 0 Å². The highest BCUT2D eigenvalue weighted by Crippen LogP contribution is 2.24. The second-order valence-corrected chi connectivity index (χ2v) is 13.3. The van der Waals surface area contributed by atoms with E-state index in [-0.39, 0.29) is 0 Å². The predicted molar refractivity (Wildman–Crippen MR) is 123 cm³/mol. The molecule has 1 nitrogen and oxygen atoms in total. The van der Waals surface area contributed by atoms with E-state index in [2.05, 4.69) is 33.9 Å². The molecule has 0 aliphatic rings.